The van der Waals surface area contributed by atoms with Gasteiger partial charge in [0.1, 0.15) is 6.67 Å². The van der Waals surface area contributed by atoms with E-state index in [4.69, 9.17) is 5.73 Å². The highest BCUT2D eigenvalue weighted by Crippen LogP contribution is 2.18. The second-order valence-corrected chi connectivity index (χ2v) is 3.13. The summed E-state index contributed by atoms with van der Waals surface area (Å²) in [5, 5.41) is 0. The Morgan fingerprint density at radius 2 is 2.07 bits per heavy atom. The Balaban J connectivity index is 2.74. The maximum atomic E-state index is 12.3. The largest absolute Gasteiger partial charge is 0.396 e. The molecular weight excluding hydrogens is 200 g/mol. The smallest absolute Gasteiger partial charge is 0.151 e. The first-order chi connectivity index (χ1) is 7.29. The lowest BCUT2D eigenvalue weighted by atomic mass is 10.3. The van der Waals surface area contributed by atoms with Crippen molar-refractivity contribution in [3.05, 3.63) is 18.3 Å². The Labute approximate surface area is 87.9 Å². The predicted molar refractivity (Wildman–Crippen MR) is 57.4 cm³/mol. The summed E-state index contributed by atoms with van der Waals surface area (Å²) in [6.07, 6.45) is 1.95. The lowest BCUT2D eigenvalue weighted by Gasteiger charge is -2.22. The lowest BCUT2D eigenvalue weighted by Crippen LogP contribution is -2.28. The van der Waals surface area contributed by atoms with Crippen molar-refractivity contribution in [3.63, 3.8) is 0 Å². The van der Waals surface area contributed by atoms with Crippen LogP contribution >= 0.6 is 0 Å². The summed E-state index contributed by atoms with van der Waals surface area (Å²) in [6, 6.07) is 3.41. The Morgan fingerprint density at radius 1 is 1.27 bits per heavy atom. The molecule has 0 fully saturated rings. The fourth-order valence-electron chi connectivity index (χ4n) is 1.35. The van der Waals surface area contributed by atoms with E-state index in [1.165, 1.54) is 0 Å². The van der Waals surface area contributed by atoms with Crippen LogP contribution in [-0.2, 0) is 0 Å². The van der Waals surface area contributed by atoms with E-state index in [0.29, 0.717) is 24.5 Å². The van der Waals surface area contributed by atoms with Gasteiger partial charge in [0.2, 0.25) is 0 Å². The summed E-state index contributed by atoms with van der Waals surface area (Å²) in [5.41, 5.74) is 6.19. The van der Waals surface area contributed by atoms with Crippen LogP contribution in [0.5, 0.6) is 0 Å². The Bertz CT molecular complexity index is 294. The van der Waals surface area contributed by atoms with Crippen molar-refractivity contribution in [2.45, 2.75) is 6.42 Å². The Morgan fingerprint density at radius 3 is 2.67 bits per heavy atom. The molecule has 0 aromatic carbocycles. The molecule has 1 aromatic rings. The van der Waals surface area contributed by atoms with Gasteiger partial charge in [0.15, 0.2) is 5.82 Å². The zero-order valence-electron chi connectivity index (χ0n) is 8.50. The van der Waals surface area contributed by atoms with Crippen LogP contribution in [-0.4, -0.2) is 31.4 Å². The number of nitrogens with zero attached hydrogens (tertiary/aromatic N) is 2. The van der Waals surface area contributed by atoms with Crippen LogP contribution < -0.4 is 10.6 Å². The molecule has 1 heterocycles. The van der Waals surface area contributed by atoms with Gasteiger partial charge >= 0.3 is 0 Å². The van der Waals surface area contributed by atoms with Gasteiger partial charge < -0.3 is 10.6 Å². The van der Waals surface area contributed by atoms with E-state index in [-0.39, 0.29) is 6.54 Å². The minimum absolute atomic E-state index is 0.196. The van der Waals surface area contributed by atoms with Crippen LogP contribution in [0.25, 0.3) is 0 Å². The van der Waals surface area contributed by atoms with E-state index < -0.39 is 13.3 Å². The first kappa shape index (κ1) is 11.7. The van der Waals surface area contributed by atoms with Crippen molar-refractivity contribution in [1.29, 1.82) is 0 Å². The highest BCUT2D eigenvalue weighted by atomic mass is 19.1. The average Bonchev–Trinajstić information content (AvgIpc) is 2.25. The molecule has 0 unspecified atom stereocenters. The van der Waals surface area contributed by atoms with Gasteiger partial charge in [-0.2, -0.15) is 0 Å². The first-order valence-corrected chi connectivity index (χ1v) is 4.87. The van der Waals surface area contributed by atoms with Gasteiger partial charge in [0.25, 0.3) is 0 Å². The van der Waals surface area contributed by atoms with Crippen molar-refractivity contribution < 1.29 is 8.78 Å². The van der Waals surface area contributed by atoms with Gasteiger partial charge in [0, 0.05) is 19.3 Å². The van der Waals surface area contributed by atoms with E-state index in [2.05, 4.69) is 4.98 Å². The van der Waals surface area contributed by atoms with Crippen LogP contribution in [0.4, 0.5) is 20.3 Å². The molecule has 0 aliphatic carbocycles. The fourth-order valence-corrected chi connectivity index (χ4v) is 1.35. The van der Waals surface area contributed by atoms with Crippen LogP contribution in [0, 0.1) is 0 Å². The van der Waals surface area contributed by atoms with Gasteiger partial charge in [-0.15, -0.1) is 0 Å². The SMILES string of the molecule is Nc1cccnc1N(CCF)CCCF. The van der Waals surface area contributed by atoms with E-state index in [1.54, 1.807) is 23.2 Å². The molecule has 0 saturated carbocycles. The second kappa shape index (κ2) is 6.16. The van der Waals surface area contributed by atoms with Crippen LogP contribution in [0.3, 0.4) is 0 Å². The standard InChI is InChI=1S/C10H15F2N3/c11-4-2-7-15(8-5-12)10-9(13)3-1-6-14-10/h1,3,6H,2,4-5,7-8,13H2. The summed E-state index contributed by atoms with van der Waals surface area (Å²) in [6.45, 7) is -0.291. The molecule has 1 aromatic heterocycles. The van der Waals surface area contributed by atoms with E-state index in [0.717, 1.165) is 0 Å². The number of alkyl halides is 2. The molecule has 2 N–H and O–H groups in total. The van der Waals surface area contributed by atoms with E-state index in [1.807, 2.05) is 0 Å². The van der Waals surface area contributed by atoms with Crippen molar-refractivity contribution in [3.8, 4) is 0 Å². The van der Waals surface area contributed by atoms with Crippen LogP contribution in [0.1, 0.15) is 6.42 Å². The number of nitrogens with two attached hydrogens (primary N) is 1. The Hall–Kier alpha value is -1.39. The molecule has 1 rings (SSSR count). The van der Waals surface area contributed by atoms with Gasteiger partial charge in [0.05, 0.1) is 12.4 Å². The van der Waals surface area contributed by atoms with Gasteiger partial charge in [-0.25, -0.2) is 9.37 Å². The lowest BCUT2D eigenvalue weighted by molar-refractivity contribution is 0.454. The third-order valence-corrected chi connectivity index (χ3v) is 2.03. The molecule has 0 bridgehead atoms. The summed E-state index contributed by atoms with van der Waals surface area (Å²) < 4.78 is 24.3. The monoisotopic (exact) mass is 215 g/mol. The summed E-state index contributed by atoms with van der Waals surface area (Å²) in [4.78, 5) is 5.72. The minimum Gasteiger partial charge on any atom is -0.396 e. The number of hydrogen-bond acceptors (Lipinski definition) is 3. The van der Waals surface area contributed by atoms with Crippen LogP contribution in [0.15, 0.2) is 18.3 Å². The minimum atomic E-state index is -0.498. The molecule has 0 atom stereocenters. The molecule has 3 nitrogen and oxygen atoms in total. The normalized spacial score (nSPS) is 10.3. The quantitative estimate of drug-likeness (QED) is 0.786. The van der Waals surface area contributed by atoms with Gasteiger partial charge in [-0.1, -0.05) is 0 Å². The second-order valence-electron chi connectivity index (χ2n) is 3.13. The van der Waals surface area contributed by atoms with Crippen molar-refractivity contribution in [2.24, 2.45) is 0 Å². The topological polar surface area (TPSA) is 42.1 Å². The van der Waals surface area contributed by atoms with Gasteiger partial charge in [-0.3, -0.25) is 4.39 Å². The van der Waals surface area contributed by atoms with Crippen molar-refractivity contribution in [2.75, 3.05) is 37.1 Å². The molecule has 0 amide bonds. The summed E-state index contributed by atoms with van der Waals surface area (Å²) >= 11 is 0. The number of rotatable bonds is 6. The molecule has 5 heteroatoms. The number of pyridine rings is 1. The summed E-state index contributed by atoms with van der Waals surface area (Å²) in [5.74, 6) is 0.531. The first-order valence-electron chi connectivity index (χ1n) is 4.87. The maximum absolute atomic E-state index is 12.3. The third-order valence-electron chi connectivity index (χ3n) is 2.03. The zero-order chi connectivity index (χ0) is 11.1. The molecule has 0 spiro atoms. The van der Waals surface area contributed by atoms with E-state index in [9.17, 15) is 8.78 Å². The van der Waals surface area contributed by atoms with Gasteiger partial charge in [-0.05, 0) is 18.6 Å². The van der Waals surface area contributed by atoms with E-state index >= 15 is 0 Å². The number of hydrogen-bond donors (Lipinski definition) is 1. The molecule has 84 valence electrons. The molecule has 0 radical (unpaired) electrons. The van der Waals surface area contributed by atoms with Crippen molar-refractivity contribution in [1.82, 2.24) is 4.98 Å². The fraction of sp³-hybridized carbons (Fsp3) is 0.500. The highest BCUT2D eigenvalue weighted by Gasteiger charge is 2.09. The number of nitrogen functional groups attached to an aromatic ring is 1. The Kier molecular flexibility index (Phi) is 4.80. The average molecular weight is 215 g/mol. The number of anilines is 2. The number of halogens is 2. The molecular formula is C10H15F2N3. The third kappa shape index (κ3) is 3.34. The molecule has 0 aliphatic rings. The highest BCUT2D eigenvalue weighted by molar-refractivity contribution is 5.62. The molecule has 0 saturated heterocycles. The molecule has 15 heavy (non-hydrogen) atoms. The van der Waals surface area contributed by atoms with Crippen molar-refractivity contribution >= 4 is 11.5 Å². The molecule has 0 aliphatic heterocycles. The predicted octanol–water partition coefficient (Wildman–Crippen LogP) is 1.80. The van der Waals surface area contributed by atoms with Crippen LogP contribution in [0.2, 0.25) is 0 Å². The zero-order valence-corrected chi connectivity index (χ0v) is 8.50. The maximum Gasteiger partial charge on any atom is 0.151 e. The summed E-state index contributed by atoms with van der Waals surface area (Å²) in [7, 11) is 0. The number of aromatic nitrogens is 1.